The molecule has 2 N–H and O–H groups in total. The Morgan fingerprint density at radius 1 is 0.952 bits per heavy atom. The predicted octanol–water partition coefficient (Wildman–Crippen LogP) is 7.37. The summed E-state index contributed by atoms with van der Waals surface area (Å²) in [6, 6.07) is 24.6. The standard InChI is InChI=1S/C33H26ClN5O2S/c1-19(38-32-28-26(40)16-17-35-31(28)36-18-37-32)30-29(34)25-9-5-8-24(20-10-12-22(13-11-20)42-23-14-15-23)27(25)33(41)39(30)21-6-3-2-4-7-21/h2-13,16-19,23H,14-15H2,1H3,(H2,35,36,37,38,40)/t19-/m0/s1. The molecule has 7 rings (SSSR count). The highest BCUT2D eigenvalue weighted by molar-refractivity contribution is 8.00. The first-order valence-electron chi connectivity index (χ1n) is 13.8. The van der Waals surface area contributed by atoms with Gasteiger partial charge in [-0.05, 0) is 55.2 Å². The first kappa shape index (κ1) is 26.5. The largest absolute Gasteiger partial charge is 0.361 e. The lowest BCUT2D eigenvalue weighted by atomic mass is 9.97. The summed E-state index contributed by atoms with van der Waals surface area (Å²) in [7, 11) is 0. The fourth-order valence-electron chi connectivity index (χ4n) is 5.36. The van der Waals surface area contributed by atoms with Gasteiger partial charge >= 0.3 is 0 Å². The molecule has 0 unspecified atom stereocenters. The number of hydrogen-bond acceptors (Lipinski definition) is 6. The van der Waals surface area contributed by atoms with E-state index in [1.807, 2.05) is 67.2 Å². The van der Waals surface area contributed by atoms with E-state index in [1.54, 1.807) is 10.8 Å². The van der Waals surface area contributed by atoms with Crippen LogP contribution in [0.2, 0.25) is 5.02 Å². The van der Waals surface area contributed by atoms with Crippen LogP contribution in [-0.4, -0.2) is 24.8 Å². The molecule has 1 fully saturated rings. The van der Waals surface area contributed by atoms with Gasteiger partial charge in [0.25, 0.3) is 5.56 Å². The molecule has 6 aromatic rings. The first-order chi connectivity index (χ1) is 20.5. The number of aromatic amines is 1. The van der Waals surface area contributed by atoms with Gasteiger partial charge in [-0.1, -0.05) is 60.1 Å². The number of benzene rings is 3. The fraction of sp³-hybridized carbons (Fsp3) is 0.152. The molecule has 1 saturated carbocycles. The molecular weight excluding hydrogens is 566 g/mol. The molecule has 1 aliphatic rings. The van der Waals surface area contributed by atoms with Crippen molar-refractivity contribution in [2.75, 3.05) is 5.32 Å². The number of nitrogens with one attached hydrogen (secondary N) is 2. The number of thioether (sulfide) groups is 1. The summed E-state index contributed by atoms with van der Waals surface area (Å²) in [5, 5.41) is 6.06. The second-order valence-electron chi connectivity index (χ2n) is 10.4. The Labute approximate surface area is 250 Å². The van der Waals surface area contributed by atoms with Crippen molar-refractivity contribution >= 4 is 51.0 Å². The van der Waals surface area contributed by atoms with E-state index in [0.29, 0.717) is 44.0 Å². The van der Waals surface area contributed by atoms with E-state index in [9.17, 15) is 9.59 Å². The van der Waals surface area contributed by atoms with Crippen LogP contribution < -0.4 is 16.3 Å². The van der Waals surface area contributed by atoms with Crippen LogP contribution in [0, 0.1) is 0 Å². The van der Waals surface area contributed by atoms with Crippen LogP contribution in [0.5, 0.6) is 0 Å². The molecule has 208 valence electrons. The fourth-order valence-corrected chi connectivity index (χ4v) is 6.82. The van der Waals surface area contributed by atoms with E-state index in [0.717, 1.165) is 16.4 Å². The Kier molecular flexibility index (Phi) is 6.80. The molecule has 1 aliphatic carbocycles. The number of rotatable bonds is 7. The Bertz CT molecular complexity index is 2070. The average Bonchev–Trinajstić information content (AvgIpc) is 3.83. The number of para-hydroxylation sites is 1. The normalized spacial score (nSPS) is 13.9. The van der Waals surface area contributed by atoms with Gasteiger partial charge in [-0.2, -0.15) is 0 Å². The van der Waals surface area contributed by atoms with Gasteiger partial charge in [0.2, 0.25) is 0 Å². The summed E-state index contributed by atoms with van der Waals surface area (Å²) in [5.74, 6) is 0.357. The summed E-state index contributed by atoms with van der Waals surface area (Å²) in [6.07, 6.45) is 5.48. The summed E-state index contributed by atoms with van der Waals surface area (Å²) in [4.78, 5) is 40.0. The minimum absolute atomic E-state index is 0.179. The lowest BCUT2D eigenvalue weighted by Crippen LogP contribution is -2.27. The lowest BCUT2D eigenvalue weighted by molar-refractivity contribution is 0.774. The average molecular weight is 592 g/mol. The molecule has 9 heteroatoms. The molecule has 3 aromatic heterocycles. The van der Waals surface area contributed by atoms with Crippen LogP contribution in [-0.2, 0) is 0 Å². The lowest BCUT2D eigenvalue weighted by Gasteiger charge is -2.24. The molecule has 0 radical (unpaired) electrons. The number of nitrogens with zero attached hydrogens (tertiary/aromatic N) is 3. The predicted molar refractivity (Wildman–Crippen MR) is 171 cm³/mol. The summed E-state index contributed by atoms with van der Waals surface area (Å²) in [5.41, 5.74) is 3.06. The van der Waals surface area contributed by atoms with Gasteiger partial charge in [-0.15, -0.1) is 11.8 Å². The second kappa shape index (κ2) is 10.8. The third kappa shape index (κ3) is 4.76. The third-order valence-electron chi connectivity index (χ3n) is 7.50. The minimum atomic E-state index is -0.505. The summed E-state index contributed by atoms with van der Waals surface area (Å²) in [6.45, 7) is 1.90. The zero-order chi connectivity index (χ0) is 28.8. The van der Waals surface area contributed by atoms with E-state index < -0.39 is 6.04 Å². The van der Waals surface area contributed by atoms with Gasteiger partial charge in [0.1, 0.15) is 23.2 Å². The molecule has 0 saturated heterocycles. The zero-order valence-electron chi connectivity index (χ0n) is 22.7. The van der Waals surface area contributed by atoms with Crippen LogP contribution in [0.1, 0.15) is 31.5 Å². The molecule has 1 atom stereocenters. The van der Waals surface area contributed by atoms with Gasteiger partial charge in [0.05, 0.1) is 22.1 Å². The van der Waals surface area contributed by atoms with E-state index in [1.165, 1.54) is 30.1 Å². The number of anilines is 1. The smallest absolute Gasteiger partial charge is 0.263 e. The first-order valence-corrected chi connectivity index (χ1v) is 15.0. The van der Waals surface area contributed by atoms with Crippen molar-refractivity contribution in [2.24, 2.45) is 0 Å². The maximum Gasteiger partial charge on any atom is 0.263 e. The molecular formula is C33H26ClN5O2S. The number of hydrogen-bond donors (Lipinski definition) is 2. The maximum absolute atomic E-state index is 14.5. The van der Waals surface area contributed by atoms with Crippen LogP contribution in [0.4, 0.5) is 5.82 Å². The van der Waals surface area contributed by atoms with Crippen molar-refractivity contribution in [1.29, 1.82) is 0 Å². The minimum Gasteiger partial charge on any atom is -0.361 e. The van der Waals surface area contributed by atoms with E-state index >= 15 is 0 Å². The highest BCUT2D eigenvalue weighted by atomic mass is 35.5. The molecule has 0 bridgehead atoms. The molecule has 7 nitrogen and oxygen atoms in total. The zero-order valence-corrected chi connectivity index (χ0v) is 24.2. The number of H-pyrrole nitrogens is 1. The number of halogens is 1. The van der Waals surface area contributed by atoms with Crippen molar-refractivity contribution in [3.63, 3.8) is 0 Å². The van der Waals surface area contributed by atoms with Gasteiger partial charge in [0, 0.05) is 33.5 Å². The molecule has 3 heterocycles. The van der Waals surface area contributed by atoms with E-state index in [4.69, 9.17) is 11.6 Å². The second-order valence-corrected chi connectivity index (χ2v) is 12.2. The third-order valence-corrected chi connectivity index (χ3v) is 9.25. The Hall–Kier alpha value is -4.40. The SMILES string of the molecule is C[C@H](Nc1ncnc2[nH]ccc(=O)c12)c1c(Cl)c2cccc(-c3ccc(SC4CC4)cc3)c2c(=O)n1-c1ccccc1. The van der Waals surface area contributed by atoms with Crippen LogP contribution in [0.25, 0.3) is 38.6 Å². The summed E-state index contributed by atoms with van der Waals surface area (Å²) >= 11 is 9.13. The Balaban J connectivity index is 1.41. The van der Waals surface area contributed by atoms with E-state index in [-0.39, 0.29) is 11.0 Å². The quantitative estimate of drug-likeness (QED) is 0.201. The van der Waals surface area contributed by atoms with Gasteiger partial charge in [-0.3, -0.25) is 14.2 Å². The van der Waals surface area contributed by atoms with Crippen LogP contribution in [0.3, 0.4) is 0 Å². The topological polar surface area (TPSA) is 92.7 Å². The molecule has 3 aromatic carbocycles. The summed E-state index contributed by atoms with van der Waals surface area (Å²) < 4.78 is 1.66. The highest BCUT2D eigenvalue weighted by Crippen LogP contribution is 2.40. The van der Waals surface area contributed by atoms with Gasteiger partial charge in [0.15, 0.2) is 5.43 Å². The van der Waals surface area contributed by atoms with Gasteiger partial charge in [-0.25, -0.2) is 9.97 Å². The Morgan fingerprint density at radius 2 is 1.74 bits per heavy atom. The van der Waals surface area contributed by atoms with Crippen molar-refractivity contribution < 1.29 is 0 Å². The van der Waals surface area contributed by atoms with Crippen molar-refractivity contribution in [1.82, 2.24) is 19.5 Å². The van der Waals surface area contributed by atoms with Gasteiger partial charge < -0.3 is 10.3 Å². The van der Waals surface area contributed by atoms with Crippen molar-refractivity contribution in [3.05, 3.63) is 123 Å². The monoisotopic (exact) mass is 591 g/mol. The molecule has 42 heavy (non-hydrogen) atoms. The van der Waals surface area contributed by atoms with Crippen molar-refractivity contribution in [2.45, 2.75) is 36.0 Å². The van der Waals surface area contributed by atoms with Crippen LogP contribution in [0.15, 0.2) is 106 Å². The van der Waals surface area contributed by atoms with Crippen molar-refractivity contribution in [3.8, 4) is 16.8 Å². The Morgan fingerprint density at radius 3 is 2.50 bits per heavy atom. The molecule has 0 amide bonds. The molecule has 0 aliphatic heterocycles. The number of fused-ring (bicyclic) bond motifs is 2. The highest BCUT2D eigenvalue weighted by Gasteiger charge is 2.25. The van der Waals surface area contributed by atoms with Crippen LogP contribution >= 0.6 is 23.4 Å². The van der Waals surface area contributed by atoms with E-state index in [2.05, 4.69) is 44.5 Å². The molecule has 0 spiro atoms. The maximum atomic E-state index is 14.5. The number of pyridine rings is 2. The number of aromatic nitrogens is 4.